The zero-order valence-electron chi connectivity index (χ0n) is 10.3. The first-order valence-corrected chi connectivity index (χ1v) is 6.19. The Morgan fingerprint density at radius 1 is 1.33 bits per heavy atom. The molecule has 0 aromatic carbocycles. The van der Waals surface area contributed by atoms with Crippen LogP contribution in [0, 0.1) is 11.8 Å². The molecule has 1 saturated carbocycles. The second-order valence-corrected chi connectivity index (χ2v) is 5.01. The van der Waals surface area contributed by atoms with Gasteiger partial charge in [-0.3, -0.25) is 4.79 Å². The number of methoxy groups -OCH3 is 1. The molecule has 0 heterocycles. The molecule has 0 aliphatic heterocycles. The first kappa shape index (κ1) is 12.7. The molecule has 1 unspecified atom stereocenters. The lowest BCUT2D eigenvalue weighted by molar-refractivity contribution is -0.124. The lowest BCUT2D eigenvalue weighted by Crippen LogP contribution is -2.21. The summed E-state index contributed by atoms with van der Waals surface area (Å²) in [7, 11) is 1.71. The molecule has 0 amide bonds. The molecule has 0 bridgehead atoms. The van der Waals surface area contributed by atoms with Crippen molar-refractivity contribution in [3.05, 3.63) is 0 Å². The molecule has 0 saturated heterocycles. The van der Waals surface area contributed by atoms with E-state index in [1.807, 2.05) is 6.92 Å². The molecular weight excluding hydrogens is 188 g/mol. The third-order valence-electron chi connectivity index (χ3n) is 3.67. The first-order chi connectivity index (χ1) is 7.13. The molecule has 2 heteroatoms. The van der Waals surface area contributed by atoms with Crippen molar-refractivity contribution in [3.8, 4) is 0 Å². The van der Waals surface area contributed by atoms with Gasteiger partial charge in [0.05, 0.1) is 6.10 Å². The maximum Gasteiger partial charge on any atom is 0.136 e. The summed E-state index contributed by atoms with van der Waals surface area (Å²) < 4.78 is 5.15. The van der Waals surface area contributed by atoms with Crippen LogP contribution in [0.2, 0.25) is 0 Å². The Bertz CT molecular complexity index is 193. The molecule has 2 nitrogen and oxygen atoms in total. The number of ether oxygens (including phenoxy) is 1. The third kappa shape index (κ3) is 4.33. The van der Waals surface area contributed by atoms with Crippen LogP contribution >= 0.6 is 0 Å². The summed E-state index contributed by atoms with van der Waals surface area (Å²) in [6.07, 6.45) is 6.49. The standard InChI is InChI=1S/C13H24O2/c1-10-4-7-12(8-5-10)13(14)9-6-11(2)15-3/h10-12H,4-9H2,1-3H3. The Balaban J connectivity index is 2.22. The number of carbonyl (C=O) groups is 1. The Morgan fingerprint density at radius 3 is 2.47 bits per heavy atom. The fraction of sp³-hybridized carbons (Fsp3) is 0.923. The number of Topliss-reactive ketones (excluding diaryl/α,β-unsaturated/α-hetero) is 1. The zero-order valence-corrected chi connectivity index (χ0v) is 10.3. The summed E-state index contributed by atoms with van der Waals surface area (Å²) in [6.45, 7) is 4.31. The smallest absolute Gasteiger partial charge is 0.136 e. The maximum atomic E-state index is 11.9. The zero-order chi connectivity index (χ0) is 11.3. The van der Waals surface area contributed by atoms with Crippen LogP contribution < -0.4 is 0 Å². The molecule has 0 aromatic rings. The summed E-state index contributed by atoms with van der Waals surface area (Å²) in [5, 5.41) is 0. The average molecular weight is 212 g/mol. The van der Waals surface area contributed by atoms with Crippen molar-refractivity contribution in [2.75, 3.05) is 7.11 Å². The molecule has 0 aromatic heterocycles. The van der Waals surface area contributed by atoms with Gasteiger partial charge < -0.3 is 4.74 Å². The Labute approximate surface area is 93.4 Å². The Kier molecular flexibility index (Phi) is 5.30. The van der Waals surface area contributed by atoms with Crippen molar-refractivity contribution in [1.29, 1.82) is 0 Å². The maximum absolute atomic E-state index is 11.9. The summed E-state index contributed by atoms with van der Waals surface area (Å²) in [4.78, 5) is 11.9. The molecular formula is C13H24O2. The molecule has 0 N–H and O–H groups in total. The monoisotopic (exact) mass is 212 g/mol. The number of carbonyl (C=O) groups excluding carboxylic acids is 1. The van der Waals surface area contributed by atoms with Crippen LogP contribution in [0.4, 0.5) is 0 Å². The third-order valence-corrected chi connectivity index (χ3v) is 3.67. The summed E-state index contributed by atoms with van der Waals surface area (Å²) in [5.74, 6) is 1.64. The van der Waals surface area contributed by atoms with Gasteiger partial charge in [0.15, 0.2) is 0 Å². The number of ketones is 1. The fourth-order valence-corrected chi connectivity index (χ4v) is 2.25. The lowest BCUT2D eigenvalue weighted by Gasteiger charge is -2.25. The highest BCUT2D eigenvalue weighted by Gasteiger charge is 2.23. The number of rotatable bonds is 5. The van der Waals surface area contributed by atoms with Crippen molar-refractivity contribution >= 4 is 5.78 Å². The Hall–Kier alpha value is -0.370. The average Bonchev–Trinajstić information content (AvgIpc) is 2.26. The van der Waals surface area contributed by atoms with Gasteiger partial charge in [0.25, 0.3) is 0 Å². The van der Waals surface area contributed by atoms with Crippen LogP contribution in [0.5, 0.6) is 0 Å². The SMILES string of the molecule is COC(C)CCC(=O)C1CCC(C)CC1. The van der Waals surface area contributed by atoms with Crippen LogP contribution in [-0.4, -0.2) is 19.0 Å². The lowest BCUT2D eigenvalue weighted by atomic mass is 9.80. The van der Waals surface area contributed by atoms with Gasteiger partial charge in [-0.05, 0) is 32.1 Å². The van der Waals surface area contributed by atoms with Crippen LogP contribution in [0.25, 0.3) is 0 Å². The van der Waals surface area contributed by atoms with Gasteiger partial charge in [-0.25, -0.2) is 0 Å². The molecule has 0 spiro atoms. The largest absolute Gasteiger partial charge is 0.382 e. The van der Waals surface area contributed by atoms with Crippen molar-refractivity contribution in [2.45, 2.75) is 58.5 Å². The molecule has 1 aliphatic rings. The molecule has 88 valence electrons. The van der Waals surface area contributed by atoms with E-state index >= 15 is 0 Å². The van der Waals surface area contributed by atoms with Gasteiger partial charge in [0.1, 0.15) is 5.78 Å². The van der Waals surface area contributed by atoms with E-state index in [0.29, 0.717) is 18.1 Å². The number of hydrogen-bond donors (Lipinski definition) is 0. The highest BCUT2D eigenvalue weighted by Crippen LogP contribution is 2.29. The first-order valence-electron chi connectivity index (χ1n) is 6.19. The molecule has 1 aliphatic carbocycles. The summed E-state index contributed by atoms with van der Waals surface area (Å²) in [5.41, 5.74) is 0. The van der Waals surface area contributed by atoms with Crippen molar-refractivity contribution in [3.63, 3.8) is 0 Å². The second kappa shape index (κ2) is 6.26. The van der Waals surface area contributed by atoms with Gasteiger partial charge in [-0.1, -0.05) is 19.8 Å². The quantitative estimate of drug-likeness (QED) is 0.699. The second-order valence-electron chi connectivity index (χ2n) is 5.01. The Morgan fingerprint density at radius 2 is 1.93 bits per heavy atom. The van der Waals surface area contributed by atoms with E-state index in [2.05, 4.69) is 6.92 Å². The highest BCUT2D eigenvalue weighted by atomic mass is 16.5. The fourth-order valence-electron chi connectivity index (χ4n) is 2.25. The van der Waals surface area contributed by atoms with Gasteiger partial charge in [0.2, 0.25) is 0 Å². The van der Waals surface area contributed by atoms with E-state index in [9.17, 15) is 4.79 Å². The van der Waals surface area contributed by atoms with Crippen LogP contribution in [0.1, 0.15) is 52.4 Å². The van der Waals surface area contributed by atoms with Gasteiger partial charge in [0, 0.05) is 19.4 Å². The van der Waals surface area contributed by atoms with E-state index < -0.39 is 0 Å². The minimum absolute atomic E-state index is 0.219. The van der Waals surface area contributed by atoms with Crippen molar-refractivity contribution in [2.24, 2.45) is 11.8 Å². The molecule has 15 heavy (non-hydrogen) atoms. The van der Waals surface area contributed by atoms with Gasteiger partial charge >= 0.3 is 0 Å². The van der Waals surface area contributed by atoms with E-state index in [1.54, 1.807) is 7.11 Å². The summed E-state index contributed by atoms with van der Waals surface area (Å²) >= 11 is 0. The highest BCUT2D eigenvalue weighted by molar-refractivity contribution is 5.81. The van der Waals surface area contributed by atoms with E-state index in [-0.39, 0.29) is 6.10 Å². The molecule has 1 atom stereocenters. The van der Waals surface area contributed by atoms with Crippen molar-refractivity contribution in [1.82, 2.24) is 0 Å². The van der Waals surface area contributed by atoms with Gasteiger partial charge in [-0.15, -0.1) is 0 Å². The van der Waals surface area contributed by atoms with Crippen LogP contribution in [-0.2, 0) is 9.53 Å². The molecule has 0 radical (unpaired) electrons. The van der Waals surface area contributed by atoms with E-state index in [4.69, 9.17) is 4.74 Å². The predicted molar refractivity (Wildman–Crippen MR) is 61.8 cm³/mol. The topological polar surface area (TPSA) is 26.3 Å². The normalized spacial score (nSPS) is 28.7. The minimum Gasteiger partial charge on any atom is -0.382 e. The van der Waals surface area contributed by atoms with Crippen LogP contribution in [0.3, 0.4) is 0 Å². The van der Waals surface area contributed by atoms with Crippen molar-refractivity contribution < 1.29 is 9.53 Å². The van der Waals surface area contributed by atoms with E-state index in [1.165, 1.54) is 12.8 Å². The van der Waals surface area contributed by atoms with Crippen LogP contribution in [0.15, 0.2) is 0 Å². The predicted octanol–water partition coefficient (Wildman–Crippen LogP) is 3.20. The summed E-state index contributed by atoms with van der Waals surface area (Å²) in [6, 6.07) is 0. The molecule has 1 fully saturated rings. The number of hydrogen-bond acceptors (Lipinski definition) is 2. The minimum atomic E-state index is 0.219. The van der Waals surface area contributed by atoms with Gasteiger partial charge in [-0.2, -0.15) is 0 Å². The van der Waals surface area contributed by atoms with E-state index in [0.717, 1.165) is 25.2 Å². The molecule has 1 rings (SSSR count).